The molecule has 0 saturated heterocycles. The molecule has 89 valence electrons. The van der Waals surface area contributed by atoms with Crippen LogP contribution in [-0.4, -0.2) is 15.0 Å². The van der Waals surface area contributed by atoms with Crippen molar-refractivity contribution in [2.45, 2.75) is 0 Å². The third kappa shape index (κ3) is 3.01. The van der Waals surface area contributed by atoms with Crippen molar-refractivity contribution in [1.29, 1.82) is 0 Å². The second kappa shape index (κ2) is 6.48. The van der Waals surface area contributed by atoms with Crippen LogP contribution in [0.1, 0.15) is 0 Å². The Hall–Kier alpha value is -1.68. The van der Waals surface area contributed by atoms with Crippen LogP contribution in [0.3, 0.4) is 0 Å². The van der Waals surface area contributed by atoms with Crippen LogP contribution in [0, 0.1) is 0 Å². The molecule has 0 bridgehead atoms. The number of nitrogens with zero attached hydrogens (tertiary/aromatic N) is 3. The summed E-state index contributed by atoms with van der Waals surface area (Å²) in [7, 11) is 0. The van der Waals surface area contributed by atoms with E-state index in [2.05, 4.69) is 15.0 Å². The first-order valence-corrected chi connectivity index (χ1v) is 5.71. The third-order valence-electron chi connectivity index (χ3n) is 2.72. The molecule has 0 unspecified atom stereocenters. The topological polar surface area (TPSA) is 38.7 Å². The van der Waals surface area contributed by atoms with E-state index >= 15 is 0 Å². The van der Waals surface area contributed by atoms with Crippen molar-refractivity contribution in [2.24, 2.45) is 0 Å². The predicted molar refractivity (Wildman–Crippen MR) is 70.7 cm³/mol. The standard InChI is InChI=1S/C15H11N3.Sc/c1-4-12(10-16-7-1)14-6-3-9-18-15(14)13-5-2-8-17-11-13;/h1-11H;. The van der Waals surface area contributed by atoms with Crippen LogP contribution in [0.5, 0.6) is 0 Å². The number of hydrogen-bond acceptors (Lipinski definition) is 3. The summed E-state index contributed by atoms with van der Waals surface area (Å²) in [5.41, 5.74) is 4.07. The van der Waals surface area contributed by atoms with Crippen molar-refractivity contribution in [3.63, 3.8) is 0 Å². The van der Waals surface area contributed by atoms with Crippen LogP contribution in [0.25, 0.3) is 22.4 Å². The molecule has 0 aliphatic carbocycles. The van der Waals surface area contributed by atoms with Crippen LogP contribution in [0.15, 0.2) is 67.4 Å². The quantitative estimate of drug-likeness (QED) is 0.722. The molecule has 0 fully saturated rings. The van der Waals surface area contributed by atoms with Crippen LogP contribution in [0.2, 0.25) is 0 Å². The normalized spacial score (nSPS) is 9.68. The molecule has 4 heteroatoms. The van der Waals surface area contributed by atoms with Gasteiger partial charge < -0.3 is 0 Å². The van der Waals surface area contributed by atoms with Crippen LogP contribution < -0.4 is 0 Å². The van der Waals surface area contributed by atoms with Crippen LogP contribution in [0.4, 0.5) is 0 Å². The van der Waals surface area contributed by atoms with Gasteiger partial charge in [0.1, 0.15) is 0 Å². The largest absolute Gasteiger partial charge is 0.264 e. The molecule has 3 aromatic rings. The summed E-state index contributed by atoms with van der Waals surface area (Å²) in [6.45, 7) is 0. The molecule has 19 heavy (non-hydrogen) atoms. The zero-order valence-electron chi connectivity index (χ0n) is 10.3. The molecule has 0 aliphatic rings. The van der Waals surface area contributed by atoms with Crippen molar-refractivity contribution >= 4 is 0 Å². The van der Waals surface area contributed by atoms with Crippen molar-refractivity contribution in [1.82, 2.24) is 15.0 Å². The number of pyridine rings is 3. The summed E-state index contributed by atoms with van der Waals surface area (Å²) in [6, 6.07) is 11.9. The Morgan fingerprint density at radius 2 is 1.32 bits per heavy atom. The summed E-state index contributed by atoms with van der Waals surface area (Å²) in [6.07, 6.45) is 8.99. The fraction of sp³-hybridized carbons (Fsp3) is 0. The fourth-order valence-corrected chi connectivity index (χ4v) is 1.89. The Bertz CT molecular complexity index is 583. The summed E-state index contributed by atoms with van der Waals surface area (Å²) in [5.74, 6) is 0. The van der Waals surface area contributed by atoms with Crippen molar-refractivity contribution in [2.75, 3.05) is 0 Å². The Labute approximate surface area is 130 Å². The van der Waals surface area contributed by atoms with Crippen molar-refractivity contribution in [3.8, 4) is 22.4 Å². The maximum atomic E-state index is 4.46. The van der Waals surface area contributed by atoms with Gasteiger partial charge in [-0.2, -0.15) is 0 Å². The van der Waals surface area contributed by atoms with Crippen molar-refractivity contribution in [3.05, 3.63) is 67.4 Å². The number of rotatable bonds is 2. The summed E-state index contributed by atoms with van der Waals surface area (Å²) in [4.78, 5) is 12.8. The first kappa shape index (κ1) is 13.7. The molecule has 3 nitrogen and oxygen atoms in total. The van der Waals surface area contributed by atoms with Gasteiger partial charge in [0, 0.05) is 73.5 Å². The minimum Gasteiger partial charge on any atom is -0.264 e. The molecule has 0 atom stereocenters. The van der Waals surface area contributed by atoms with Gasteiger partial charge in [-0.05, 0) is 24.3 Å². The molecule has 3 rings (SSSR count). The molecule has 3 heterocycles. The molecule has 0 aliphatic heterocycles. The van der Waals surface area contributed by atoms with Gasteiger partial charge in [0.25, 0.3) is 0 Å². The van der Waals surface area contributed by atoms with Gasteiger partial charge in [0.15, 0.2) is 0 Å². The van der Waals surface area contributed by atoms with Gasteiger partial charge in [-0.25, -0.2) is 0 Å². The zero-order chi connectivity index (χ0) is 12.2. The third-order valence-corrected chi connectivity index (χ3v) is 2.72. The molecular weight excluding hydrogens is 267 g/mol. The van der Waals surface area contributed by atoms with E-state index in [9.17, 15) is 0 Å². The van der Waals surface area contributed by atoms with Crippen LogP contribution >= 0.6 is 0 Å². The van der Waals surface area contributed by atoms with E-state index in [0.717, 1.165) is 22.4 Å². The molecule has 0 spiro atoms. The molecule has 3 aromatic heterocycles. The Morgan fingerprint density at radius 1 is 0.684 bits per heavy atom. The smallest absolute Gasteiger partial charge is 0.0796 e. The zero-order valence-corrected chi connectivity index (χ0v) is 12.1. The first-order valence-electron chi connectivity index (χ1n) is 5.71. The predicted octanol–water partition coefficient (Wildman–Crippen LogP) is 3.20. The second-order valence-corrected chi connectivity index (χ2v) is 3.88. The average molecular weight is 278 g/mol. The molecule has 0 amide bonds. The number of hydrogen-bond donors (Lipinski definition) is 0. The molecular formula is C15H11N3Sc. The molecule has 1 radical (unpaired) electrons. The molecule has 0 aromatic carbocycles. The monoisotopic (exact) mass is 278 g/mol. The summed E-state index contributed by atoms with van der Waals surface area (Å²) >= 11 is 0. The van der Waals surface area contributed by atoms with Gasteiger partial charge >= 0.3 is 0 Å². The van der Waals surface area contributed by atoms with E-state index in [1.54, 1.807) is 18.6 Å². The van der Waals surface area contributed by atoms with Gasteiger partial charge in [0.05, 0.1) is 5.69 Å². The SMILES string of the molecule is [Sc].c1cncc(-c2cccnc2-c2cccnc2)c1. The van der Waals surface area contributed by atoms with E-state index < -0.39 is 0 Å². The van der Waals surface area contributed by atoms with E-state index in [4.69, 9.17) is 0 Å². The van der Waals surface area contributed by atoms with E-state index in [1.807, 2.05) is 48.8 Å². The van der Waals surface area contributed by atoms with Gasteiger partial charge in [-0.3, -0.25) is 15.0 Å². The first-order chi connectivity index (χ1) is 8.95. The van der Waals surface area contributed by atoms with Gasteiger partial charge in [0.2, 0.25) is 0 Å². The fourth-order valence-electron chi connectivity index (χ4n) is 1.89. The van der Waals surface area contributed by atoms with Crippen LogP contribution in [-0.2, 0) is 25.8 Å². The molecule has 0 saturated carbocycles. The maximum Gasteiger partial charge on any atom is 0.0796 e. The number of aromatic nitrogens is 3. The van der Waals surface area contributed by atoms with Crippen molar-refractivity contribution < 1.29 is 25.8 Å². The minimum absolute atomic E-state index is 0. The van der Waals surface area contributed by atoms with E-state index in [1.165, 1.54) is 0 Å². The average Bonchev–Trinajstić information content (AvgIpc) is 2.49. The van der Waals surface area contributed by atoms with E-state index in [-0.39, 0.29) is 25.8 Å². The van der Waals surface area contributed by atoms with Gasteiger partial charge in [-0.15, -0.1) is 0 Å². The summed E-state index contributed by atoms with van der Waals surface area (Å²) in [5, 5.41) is 0. The Kier molecular flexibility index (Phi) is 4.68. The maximum absolute atomic E-state index is 4.46. The molecule has 0 N–H and O–H groups in total. The van der Waals surface area contributed by atoms with Gasteiger partial charge in [-0.1, -0.05) is 12.1 Å². The Balaban J connectivity index is 0.00000133. The second-order valence-electron chi connectivity index (χ2n) is 3.88. The Morgan fingerprint density at radius 3 is 1.95 bits per heavy atom. The minimum atomic E-state index is 0. The van der Waals surface area contributed by atoms with E-state index in [0.29, 0.717) is 0 Å². The summed E-state index contributed by atoms with van der Waals surface area (Å²) < 4.78 is 0.